The van der Waals surface area contributed by atoms with E-state index in [-0.39, 0.29) is 27.0 Å². The number of rotatable bonds is 9. The van der Waals surface area contributed by atoms with Gasteiger partial charge >= 0.3 is 0 Å². The van der Waals surface area contributed by atoms with Crippen LogP contribution in [0.3, 0.4) is 0 Å². The Labute approximate surface area is 187 Å². The molecule has 3 aromatic carbocycles. The summed E-state index contributed by atoms with van der Waals surface area (Å²) in [4.78, 5) is -0.263. The lowest BCUT2D eigenvalue weighted by Gasteiger charge is -2.15. The van der Waals surface area contributed by atoms with Crippen LogP contribution in [-0.4, -0.2) is 38.2 Å². The fraction of sp³-hybridized carbons (Fsp3) is 0.143. The maximum Gasteiger partial charge on any atom is 0.265 e. The normalized spacial score (nSPS) is 11.5. The Morgan fingerprint density at radius 1 is 0.656 bits per heavy atom. The minimum absolute atomic E-state index is 0.0454. The minimum atomic E-state index is -4.10. The van der Waals surface area contributed by atoms with Crippen molar-refractivity contribution in [1.82, 2.24) is 0 Å². The summed E-state index contributed by atoms with van der Waals surface area (Å²) in [7, 11) is -3.92. The highest BCUT2D eigenvalue weighted by atomic mass is 32.2. The summed E-state index contributed by atoms with van der Waals surface area (Å²) in [6.07, 6.45) is 0. The summed E-state index contributed by atoms with van der Waals surface area (Å²) in [5.74, 6) is 0.862. The van der Waals surface area contributed by atoms with E-state index in [1.54, 1.807) is 36.4 Å². The topological polar surface area (TPSA) is 120 Å². The number of methoxy groups -OCH3 is 3. The highest BCUT2D eigenvalue weighted by Crippen LogP contribution is 2.32. The highest BCUT2D eigenvalue weighted by molar-refractivity contribution is 7.93. The number of para-hydroxylation sites is 1. The molecule has 3 aromatic rings. The maximum absolute atomic E-state index is 12.9. The highest BCUT2D eigenvalue weighted by Gasteiger charge is 2.23. The Bertz CT molecular complexity index is 1310. The SMILES string of the molecule is COc1ccc(NS(=O)(=O)c2ccc(OC)c(NS(=O)(=O)c3ccccc3OC)c2)cc1. The summed E-state index contributed by atoms with van der Waals surface area (Å²) in [6.45, 7) is 0. The minimum Gasteiger partial charge on any atom is -0.497 e. The number of hydrogen-bond donors (Lipinski definition) is 2. The summed E-state index contributed by atoms with van der Waals surface area (Å²) >= 11 is 0. The van der Waals surface area contributed by atoms with E-state index in [1.165, 1.54) is 51.7 Å². The van der Waals surface area contributed by atoms with Gasteiger partial charge in [0, 0.05) is 5.69 Å². The van der Waals surface area contributed by atoms with Crippen LogP contribution in [0.2, 0.25) is 0 Å². The van der Waals surface area contributed by atoms with Crippen LogP contribution in [0.4, 0.5) is 11.4 Å². The molecule has 0 amide bonds. The molecule has 170 valence electrons. The first kappa shape index (κ1) is 23.2. The number of ether oxygens (including phenoxy) is 3. The van der Waals surface area contributed by atoms with E-state index in [2.05, 4.69) is 9.44 Å². The lowest BCUT2D eigenvalue weighted by molar-refractivity contribution is 0.403. The fourth-order valence-corrected chi connectivity index (χ4v) is 5.17. The molecular weight excluding hydrogens is 456 g/mol. The Balaban J connectivity index is 1.95. The van der Waals surface area contributed by atoms with E-state index in [9.17, 15) is 16.8 Å². The molecule has 0 heterocycles. The van der Waals surface area contributed by atoms with Gasteiger partial charge in [0.25, 0.3) is 20.0 Å². The summed E-state index contributed by atoms with van der Waals surface area (Å²) in [5, 5.41) is 0. The van der Waals surface area contributed by atoms with Gasteiger partial charge in [-0.2, -0.15) is 0 Å². The molecule has 0 saturated carbocycles. The van der Waals surface area contributed by atoms with Crippen LogP contribution in [0.5, 0.6) is 17.2 Å². The molecule has 0 radical (unpaired) electrons. The number of anilines is 2. The van der Waals surface area contributed by atoms with Crippen molar-refractivity contribution < 1.29 is 31.0 Å². The quantitative estimate of drug-likeness (QED) is 0.484. The van der Waals surface area contributed by atoms with Gasteiger partial charge in [0.2, 0.25) is 0 Å². The van der Waals surface area contributed by atoms with E-state index in [4.69, 9.17) is 14.2 Å². The van der Waals surface area contributed by atoms with Crippen molar-refractivity contribution >= 4 is 31.4 Å². The first-order valence-electron chi connectivity index (χ1n) is 9.21. The predicted octanol–water partition coefficient (Wildman–Crippen LogP) is 3.31. The molecule has 0 aliphatic heterocycles. The van der Waals surface area contributed by atoms with Crippen molar-refractivity contribution in [2.45, 2.75) is 9.79 Å². The third-order valence-corrected chi connectivity index (χ3v) is 7.21. The Kier molecular flexibility index (Phi) is 6.80. The molecule has 0 aliphatic carbocycles. The number of benzene rings is 3. The van der Waals surface area contributed by atoms with Gasteiger partial charge in [0.05, 0.1) is 31.9 Å². The first-order chi connectivity index (χ1) is 15.2. The molecule has 0 unspecified atom stereocenters. The van der Waals surface area contributed by atoms with Gasteiger partial charge in [-0.1, -0.05) is 12.1 Å². The average molecular weight is 479 g/mol. The van der Waals surface area contributed by atoms with Crippen molar-refractivity contribution in [3.05, 3.63) is 66.7 Å². The lowest BCUT2D eigenvalue weighted by Crippen LogP contribution is -2.16. The van der Waals surface area contributed by atoms with Crippen molar-refractivity contribution in [2.75, 3.05) is 30.8 Å². The molecule has 32 heavy (non-hydrogen) atoms. The van der Waals surface area contributed by atoms with E-state index in [0.29, 0.717) is 11.4 Å². The molecular formula is C21H22N2O7S2. The number of hydrogen-bond acceptors (Lipinski definition) is 7. The van der Waals surface area contributed by atoms with E-state index < -0.39 is 20.0 Å². The molecule has 0 atom stereocenters. The molecule has 0 aromatic heterocycles. The van der Waals surface area contributed by atoms with Gasteiger partial charge in [-0.05, 0) is 54.6 Å². The van der Waals surface area contributed by atoms with Crippen LogP contribution in [0.1, 0.15) is 0 Å². The third-order valence-electron chi connectivity index (χ3n) is 4.43. The van der Waals surface area contributed by atoms with Crippen molar-refractivity contribution in [3.63, 3.8) is 0 Å². The molecule has 0 spiro atoms. The summed E-state index contributed by atoms with van der Waals surface area (Å²) in [6, 6.07) is 16.2. The van der Waals surface area contributed by atoms with Crippen LogP contribution in [0, 0.1) is 0 Å². The van der Waals surface area contributed by atoms with Crippen LogP contribution in [-0.2, 0) is 20.0 Å². The lowest BCUT2D eigenvalue weighted by atomic mass is 10.3. The van der Waals surface area contributed by atoms with Crippen molar-refractivity contribution in [1.29, 1.82) is 0 Å². The average Bonchev–Trinajstić information content (AvgIpc) is 2.79. The number of sulfonamides is 2. The van der Waals surface area contributed by atoms with Gasteiger partial charge in [0.1, 0.15) is 22.1 Å². The third kappa shape index (κ3) is 5.06. The number of nitrogens with one attached hydrogen (secondary N) is 2. The largest absolute Gasteiger partial charge is 0.497 e. The second kappa shape index (κ2) is 9.37. The second-order valence-electron chi connectivity index (χ2n) is 6.45. The van der Waals surface area contributed by atoms with Gasteiger partial charge < -0.3 is 14.2 Å². The smallest absolute Gasteiger partial charge is 0.265 e. The molecule has 0 fully saturated rings. The molecule has 0 bridgehead atoms. The van der Waals surface area contributed by atoms with Gasteiger partial charge in [0.15, 0.2) is 0 Å². The van der Waals surface area contributed by atoms with Crippen LogP contribution < -0.4 is 23.7 Å². The van der Waals surface area contributed by atoms with Crippen molar-refractivity contribution in [2.24, 2.45) is 0 Å². The Morgan fingerprint density at radius 3 is 1.94 bits per heavy atom. The fourth-order valence-electron chi connectivity index (χ4n) is 2.85. The molecule has 11 heteroatoms. The monoisotopic (exact) mass is 478 g/mol. The van der Waals surface area contributed by atoms with Crippen molar-refractivity contribution in [3.8, 4) is 17.2 Å². The van der Waals surface area contributed by atoms with Gasteiger partial charge in [-0.3, -0.25) is 9.44 Å². The zero-order chi connectivity index (χ0) is 23.4. The standard InChI is InChI=1S/C21H22N2O7S2/c1-28-16-10-8-15(9-11-16)22-31(24,25)17-12-13-19(29-2)18(14-17)23-32(26,27)21-7-5-4-6-20(21)30-3/h4-14,22-23H,1-3H3. The predicted molar refractivity (Wildman–Crippen MR) is 121 cm³/mol. The van der Waals surface area contributed by atoms with Gasteiger partial charge in [-0.15, -0.1) is 0 Å². The molecule has 0 aliphatic rings. The molecule has 2 N–H and O–H groups in total. The molecule has 3 rings (SSSR count). The second-order valence-corrected chi connectivity index (χ2v) is 9.79. The van der Waals surface area contributed by atoms with E-state index in [0.717, 1.165) is 0 Å². The Hall–Kier alpha value is -3.44. The molecule has 0 saturated heterocycles. The van der Waals surface area contributed by atoms with E-state index in [1.807, 2.05) is 0 Å². The first-order valence-corrected chi connectivity index (χ1v) is 12.2. The van der Waals surface area contributed by atoms with Crippen LogP contribution in [0.25, 0.3) is 0 Å². The van der Waals surface area contributed by atoms with Crippen LogP contribution in [0.15, 0.2) is 76.5 Å². The summed E-state index contributed by atoms with van der Waals surface area (Å²) < 4.78 is 71.8. The van der Waals surface area contributed by atoms with Gasteiger partial charge in [-0.25, -0.2) is 16.8 Å². The zero-order valence-electron chi connectivity index (χ0n) is 17.5. The summed E-state index contributed by atoms with van der Waals surface area (Å²) in [5.41, 5.74) is 0.272. The van der Waals surface area contributed by atoms with E-state index >= 15 is 0 Å². The Morgan fingerprint density at radius 2 is 1.31 bits per heavy atom. The zero-order valence-corrected chi connectivity index (χ0v) is 19.2. The maximum atomic E-state index is 12.9. The molecule has 9 nitrogen and oxygen atoms in total. The van der Waals surface area contributed by atoms with Crippen LogP contribution >= 0.6 is 0 Å².